The van der Waals surface area contributed by atoms with Crippen LogP contribution in [0.1, 0.15) is 47.4 Å². The first-order chi connectivity index (χ1) is 15.9. The summed E-state index contributed by atoms with van der Waals surface area (Å²) in [5.74, 6) is -3.43. The monoisotopic (exact) mass is 509 g/mol. The predicted molar refractivity (Wildman–Crippen MR) is 125 cm³/mol. The molecule has 2 aromatic heterocycles. The Labute approximate surface area is 199 Å². The maximum Gasteiger partial charge on any atom is 0.276 e. The number of benzene rings is 1. The number of carbonyl (C=O) groups excluding carboxylic acids is 1. The highest BCUT2D eigenvalue weighted by Crippen LogP contribution is 2.48. The third-order valence-corrected chi connectivity index (χ3v) is 9.15. The topological polar surface area (TPSA) is 130 Å². The van der Waals surface area contributed by atoms with Crippen molar-refractivity contribution in [3.63, 3.8) is 0 Å². The van der Waals surface area contributed by atoms with Gasteiger partial charge in [-0.05, 0) is 55.7 Å². The first-order valence-electron chi connectivity index (χ1n) is 10.4. The van der Waals surface area contributed by atoms with Crippen LogP contribution in [0.4, 0.5) is 14.5 Å². The molecule has 0 aliphatic heterocycles. The molecular formula is C22H22ClF2N5O3S. The highest BCUT2D eigenvalue weighted by molar-refractivity contribution is 7.94. The Hall–Kier alpha value is -3.05. The van der Waals surface area contributed by atoms with Crippen molar-refractivity contribution in [2.75, 3.05) is 5.32 Å². The van der Waals surface area contributed by atoms with Crippen LogP contribution in [0.3, 0.4) is 0 Å². The summed E-state index contributed by atoms with van der Waals surface area (Å²) in [6.45, 7) is 2.92. The average Bonchev–Trinajstić information content (AvgIpc) is 3.55. The van der Waals surface area contributed by atoms with E-state index in [1.807, 2.05) is 0 Å². The van der Waals surface area contributed by atoms with E-state index in [2.05, 4.69) is 10.3 Å². The van der Waals surface area contributed by atoms with Crippen LogP contribution < -0.4 is 11.1 Å². The molecule has 1 aromatic carbocycles. The Kier molecular flexibility index (Phi) is 5.89. The van der Waals surface area contributed by atoms with Gasteiger partial charge in [-0.1, -0.05) is 18.5 Å². The zero-order valence-electron chi connectivity index (χ0n) is 18.3. The lowest BCUT2D eigenvalue weighted by Crippen LogP contribution is -2.43. The zero-order valence-corrected chi connectivity index (χ0v) is 19.8. The van der Waals surface area contributed by atoms with E-state index in [-0.39, 0.29) is 29.8 Å². The number of aromatic nitrogens is 2. The minimum absolute atomic E-state index is 0.0555. The molecule has 1 aliphatic rings. The molecule has 0 spiro atoms. The smallest absolute Gasteiger partial charge is 0.276 e. The van der Waals surface area contributed by atoms with Crippen LogP contribution in [-0.4, -0.2) is 39.8 Å². The molecular weight excluding hydrogens is 488 g/mol. The van der Waals surface area contributed by atoms with E-state index in [0.29, 0.717) is 16.4 Å². The lowest BCUT2D eigenvalue weighted by atomic mass is 10.0. The van der Waals surface area contributed by atoms with Gasteiger partial charge in [-0.15, -0.1) is 0 Å². The van der Waals surface area contributed by atoms with Gasteiger partial charge in [-0.3, -0.25) is 10.2 Å². The molecule has 1 aliphatic carbocycles. The number of pyridine rings is 1. The van der Waals surface area contributed by atoms with E-state index in [1.165, 1.54) is 19.1 Å². The number of sulfone groups is 1. The summed E-state index contributed by atoms with van der Waals surface area (Å²) >= 11 is 6.00. The van der Waals surface area contributed by atoms with Crippen molar-refractivity contribution in [2.24, 2.45) is 5.73 Å². The molecule has 1 amide bonds. The molecule has 2 atom stereocenters. The van der Waals surface area contributed by atoms with Gasteiger partial charge in [0, 0.05) is 17.8 Å². The van der Waals surface area contributed by atoms with E-state index in [0.717, 1.165) is 6.07 Å². The van der Waals surface area contributed by atoms with Crippen LogP contribution in [-0.2, 0) is 9.84 Å². The lowest BCUT2D eigenvalue weighted by molar-refractivity contribution is 0.102. The molecule has 4 rings (SSSR count). The number of amidine groups is 1. The van der Waals surface area contributed by atoms with Gasteiger partial charge in [0.1, 0.15) is 27.7 Å². The fourth-order valence-corrected chi connectivity index (χ4v) is 6.21. The van der Waals surface area contributed by atoms with Gasteiger partial charge in [0.05, 0.1) is 10.7 Å². The number of carbonyl (C=O) groups is 1. The van der Waals surface area contributed by atoms with Gasteiger partial charge >= 0.3 is 0 Å². The second-order valence-electron chi connectivity index (χ2n) is 8.40. The Morgan fingerprint density at radius 3 is 2.62 bits per heavy atom. The SMILES string of the molecule is Cc1c(C(=O)Nc2ccc(F)c([C@H](C)[C@@H](F)S(=O)(=O)C3(C(=N)N)CC3)c2)nc2ccc(Cl)cn12. The molecule has 2 heterocycles. The van der Waals surface area contributed by atoms with Crippen LogP contribution in [0, 0.1) is 18.2 Å². The number of fused-ring (bicyclic) bond motifs is 1. The van der Waals surface area contributed by atoms with E-state index in [9.17, 15) is 17.6 Å². The summed E-state index contributed by atoms with van der Waals surface area (Å²) in [7, 11) is -4.49. The van der Waals surface area contributed by atoms with Gasteiger partial charge in [0.15, 0.2) is 9.84 Å². The average molecular weight is 510 g/mol. The second kappa shape index (κ2) is 8.31. The number of nitrogens with zero attached hydrogens (tertiary/aromatic N) is 2. The number of halogens is 3. The third-order valence-electron chi connectivity index (χ3n) is 6.21. The summed E-state index contributed by atoms with van der Waals surface area (Å²) in [6, 6.07) is 6.78. The Balaban J connectivity index is 1.61. The fraction of sp³-hybridized carbons (Fsp3) is 0.318. The van der Waals surface area contributed by atoms with E-state index < -0.39 is 43.6 Å². The van der Waals surface area contributed by atoms with Crippen molar-refractivity contribution >= 4 is 44.5 Å². The molecule has 0 bridgehead atoms. The number of alkyl halides is 1. The summed E-state index contributed by atoms with van der Waals surface area (Å²) in [5.41, 5.74) is 3.98. The number of amides is 1. The van der Waals surface area contributed by atoms with Crippen LogP contribution in [0.5, 0.6) is 0 Å². The highest BCUT2D eigenvalue weighted by Gasteiger charge is 2.61. The van der Waals surface area contributed by atoms with Gasteiger partial charge < -0.3 is 15.5 Å². The molecule has 0 unspecified atom stereocenters. The van der Waals surface area contributed by atoms with Crippen molar-refractivity contribution in [1.82, 2.24) is 9.38 Å². The first kappa shape index (κ1) is 24.1. The summed E-state index contributed by atoms with van der Waals surface area (Å²) in [5, 5.41) is 10.6. The van der Waals surface area contributed by atoms with Crippen LogP contribution in [0.2, 0.25) is 5.02 Å². The Bertz CT molecular complexity index is 1440. The molecule has 8 nitrogen and oxygen atoms in total. The van der Waals surface area contributed by atoms with Crippen LogP contribution in [0.15, 0.2) is 36.5 Å². The minimum Gasteiger partial charge on any atom is -0.386 e. The standard InChI is InChI=1S/C22H22ClF2N5O3S/c1-11(19(25)34(32,33)22(7-8-22)21(26)27)15-9-14(4-5-16(15)24)28-20(31)18-12(2)30-10-13(23)3-6-17(30)29-18/h3-6,9-11,19H,7-8H2,1-2H3,(H3,26,27)(H,28,31)/t11-,19-/m0/s1. The number of anilines is 1. The maximum atomic E-state index is 15.2. The van der Waals surface area contributed by atoms with Crippen molar-refractivity contribution < 1.29 is 22.0 Å². The quantitative estimate of drug-likeness (QED) is 0.327. The second-order valence-corrected chi connectivity index (χ2v) is 11.2. The largest absolute Gasteiger partial charge is 0.386 e. The van der Waals surface area contributed by atoms with Crippen LogP contribution in [0.25, 0.3) is 5.65 Å². The minimum atomic E-state index is -4.49. The number of hydrogen-bond acceptors (Lipinski definition) is 5. The first-order valence-corrected chi connectivity index (χ1v) is 12.3. The van der Waals surface area contributed by atoms with Crippen molar-refractivity contribution in [3.05, 3.63) is 64.3 Å². The third kappa shape index (κ3) is 3.82. The number of hydrogen-bond donors (Lipinski definition) is 3. The molecule has 4 N–H and O–H groups in total. The predicted octanol–water partition coefficient (Wildman–Crippen LogP) is 3.97. The summed E-state index contributed by atoms with van der Waals surface area (Å²) in [4.78, 5) is 17.1. The van der Waals surface area contributed by atoms with Crippen molar-refractivity contribution in [3.8, 4) is 0 Å². The fourth-order valence-electron chi connectivity index (χ4n) is 3.96. The van der Waals surface area contributed by atoms with Gasteiger partial charge in [0.25, 0.3) is 5.91 Å². The lowest BCUT2D eigenvalue weighted by Gasteiger charge is -2.23. The molecule has 34 heavy (non-hydrogen) atoms. The molecule has 0 radical (unpaired) electrons. The van der Waals surface area contributed by atoms with Gasteiger partial charge in [-0.2, -0.15) is 0 Å². The molecule has 3 aromatic rings. The van der Waals surface area contributed by atoms with Crippen molar-refractivity contribution in [2.45, 2.75) is 42.9 Å². The molecule has 180 valence electrons. The number of rotatable bonds is 7. The van der Waals surface area contributed by atoms with Crippen molar-refractivity contribution in [1.29, 1.82) is 5.41 Å². The number of nitrogens with two attached hydrogens (primary N) is 1. The van der Waals surface area contributed by atoms with Gasteiger partial charge in [-0.25, -0.2) is 22.2 Å². The maximum absolute atomic E-state index is 15.2. The van der Waals surface area contributed by atoms with Crippen LogP contribution >= 0.6 is 11.6 Å². The Morgan fingerprint density at radius 2 is 2.00 bits per heavy atom. The number of nitrogens with one attached hydrogen (secondary N) is 2. The molecule has 1 fully saturated rings. The van der Waals surface area contributed by atoms with Gasteiger partial charge in [0.2, 0.25) is 5.50 Å². The molecule has 12 heteroatoms. The zero-order chi connectivity index (χ0) is 25.0. The summed E-state index contributed by atoms with van der Waals surface area (Å²) in [6.07, 6.45) is 1.73. The summed E-state index contributed by atoms with van der Waals surface area (Å²) < 4.78 is 55.2. The van der Waals surface area contributed by atoms with E-state index in [4.69, 9.17) is 22.7 Å². The Morgan fingerprint density at radius 1 is 1.32 bits per heavy atom. The van der Waals surface area contributed by atoms with E-state index >= 15 is 4.39 Å². The highest BCUT2D eigenvalue weighted by atomic mass is 35.5. The number of aryl methyl sites for hydroxylation is 1. The molecule has 1 saturated carbocycles. The normalized spacial score (nSPS) is 16.7. The molecule has 0 saturated heterocycles. The van der Waals surface area contributed by atoms with E-state index in [1.54, 1.807) is 29.7 Å². The number of imidazole rings is 1.